The topological polar surface area (TPSA) is 82.1 Å². The number of imidazole rings is 1. The Hall–Kier alpha value is -2.95. The maximum Gasteiger partial charge on any atom is 0.433 e. The monoisotopic (exact) mass is 409 g/mol. The molecule has 0 aromatic carbocycles. The van der Waals surface area contributed by atoms with Crippen LogP contribution in [0.1, 0.15) is 12.6 Å². The molecule has 0 unspecified atom stereocenters. The highest BCUT2D eigenvalue weighted by Crippen LogP contribution is 2.34. The number of aryl methyl sites for hydroxylation is 1. The average molecular weight is 409 g/mol. The fourth-order valence-corrected chi connectivity index (χ4v) is 4.22. The molecule has 11 heteroatoms. The van der Waals surface area contributed by atoms with Crippen LogP contribution >= 0.6 is 0 Å². The summed E-state index contributed by atoms with van der Waals surface area (Å²) in [6.07, 6.45) is -1.94. The molecule has 0 spiro atoms. The van der Waals surface area contributed by atoms with Crippen LogP contribution in [0.3, 0.4) is 0 Å². The Bertz CT molecular complexity index is 1320. The summed E-state index contributed by atoms with van der Waals surface area (Å²) in [4.78, 5) is 7.69. The van der Waals surface area contributed by atoms with Gasteiger partial charge in [-0.3, -0.25) is 0 Å². The molecular formula is C17H14F3N5O2S. The molecule has 0 aliphatic carbocycles. The molecule has 4 aromatic heterocycles. The largest absolute Gasteiger partial charge is 0.433 e. The first kappa shape index (κ1) is 18.4. The number of halogens is 3. The Morgan fingerprint density at radius 3 is 2.61 bits per heavy atom. The molecule has 0 saturated carbocycles. The van der Waals surface area contributed by atoms with Crippen molar-refractivity contribution in [3.63, 3.8) is 0 Å². The number of alkyl halides is 3. The molecule has 0 fully saturated rings. The SMILES string of the molecule is CCS(=O)(=O)c1c(-c2nc3cc(C(F)(F)F)ncc3n2C)nn2ccccc12. The number of hydrogen-bond donors (Lipinski definition) is 0. The van der Waals surface area contributed by atoms with E-state index in [0.29, 0.717) is 11.0 Å². The van der Waals surface area contributed by atoms with Gasteiger partial charge in [-0.2, -0.15) is 18.3 Å². The molecule has 0 saturated heterocycles. The third-order valence-electron chi connectivity index (χ3n) is 4.46. The van der Waals surface area contributed by atoms with E-state index in [1.54, 1.807) is 31.4 Å². The van der Waals surface area contributed by atoms with Crippen LogP contribution in [0.2, 0.25) is 0 Å². The molecule has 7 nitrogen and oxygen atoms in total. The zero-order valence-corrected chi connectivity index (χ0v) is 15.6. The predicted molar refractivity (Wildman–Crippen MR) is 95.4 cm³/mol. The normalized spacial score (nSPS) is 12.9. The van der Waals surface area contributed by atoms with Gasteiger partial charge >= 0.3 is 6.18 Å². The number of pyridine rings is 2. The van der Waals surface area contributed by atoms with Crippen molar-refractivity contribution >= 4 is 26.4 Å². The quantitative estimate of drug-likeness (QED) is 0.519. The number of hydrogen-bond acceptors (Lipinski definition) is 5. The summed E-state index contributed by atoms with van der Waals surface area (Å²) in [7, 11) is -2.10. The van der Waals surface area contributed by atoms with E-state index in [-0.39, 0.29) is 27.7 Å². The number of aromatic nitrogens is 5. The fourth-order valence-electron chi connectivity index (χ4n) is 3.03. The highest BCUT2D eigenvalue weighted by atomic mass is 32.2. The van der Waals surface area contributed by atoms with Gasteiger partial charge in [-0.25, -0.2) is 22.9 Å². The van der Waals surface area contributed by atoms with Crippen LogP contribution in [0, 0.1) is 0 Å². The number of nitrogens with zero attached hydrogens (tertiary/aromatic N) is 5. The molecule has 0 atom stereocenters. The van der Waals surface area contributed by atoms with Crippen molar-refractivity contribution < 1.29 is 21.6 Å². The zero-order valence-electron chi connectivity index (χ0n) is 14.8. The first-order chi connectivity index (χ1) is 13.1. The number of sulfone groups is 1. The highest BCUT2D eigenvalue weighted by molar-refractivity contribution is 7.91. The highest BCUT2D eigenvalue weighted by Gasteiger charge is 2.33. The fraction of sp³-hybridized carbons (Fsp3) is 0.235. The molecule has 0 amide bonds. The second-order valence-electron chi connectivity index (χ2n) is 6.16. The van der Waals surface area contributed by atoms with Gasteiger partial charge in [0.1, 0.15) is 16.3 Å². The van der Waals surface area contributed by atoms with Crippen molar-refractivity contribution in [3.05, 3.63) is 42.4 Å². The van der Waals surface area contributed by atoms with Crippen LogP contribution in [0.4, 0.5) is 13.2 Å². The summed E-state index contributed by atoms with van der Waals surface area (Å²) in [5, 5.41) is 4.34. The van der Waals surface area contributed by atoms with Crippen molar-refractivity contribution in [1.29, 1.82) is 0 Å². The average Bonchev–Trinajstić information content (AvgIpc) is 3.19. The van der Waals surface area contributed by atoms with E-state index >= 15 is 0 Å². The van der Waals surface area contributed by atoms with E-state index in [4.69, 9.17) is 0 Å². The van der Waals surface area contributed by atoms with Gasteiger partial charge in [-0.1, -0.05) is 13.0 Å². The second kappa shape index (κ2) is 6.03. The van der Waals surface area contributed by atoms with E-state index in [1.165, 1.54) is 16.0 Å². The van der Waals surface area contributed by atoms with Gasteiger partial charge in [0.05, 0.1) is 28.5 Å². The minimum atomic E-state index is -4.61. The second-order valence-corrected chi connectivity index (χ2v) is 8.38. The Morgan fingerprint density at radius 1 is 1.18 bits per heavy atom. The first-order valence-corrected chi connectivity index (χ1v) is 9.89. The molecule has 146 valence electrons. The lowest BCUT2D eigenvalue weighted by molar-refractivity contribution is -0.141. The summed E-state index contributed by atoms with van der Waals surface area (Å²) in [5.74, 6) is -0.00758. The van der Waals surface area contributed by atoms with E-state index in [9.17, 15) is 21.6 Å². The van der Waals surface area contributed by atoms with Gasteiger partial charge in [-0.15, -0.1) is 0 Å². The van der Waals surface area contributed by atoms with Crippen molar-refractivity contribution in [1.82, 2.24) is 24.1 Å². The minimum Gasteiger partial charge on any atom is -0.324 e. The van der Waals surface area contributed by atoms with Crippen LogP contribution < -0.4 is 0 Å². The van der Waals surface area contributed by atoms with Gasteiger partial charge in [-0.05, 0) is 18.2 Å². The van der Waals surface area contributed by atoms with Crippen LogP contribution in [0.15, 0.2) is 41.6 Å². The Kier molecular flexibility index (Phi) is 3.96. The third kappa shape index (κ3) is 2.73. The molecule has 0 N–H and O–H groups in total. The zero-order chi connectivity index (χ0) is 20.3. The molecule has 0 aliphatic rings. The molecular weight excluding hydrogens is 395 g/mol. The summed E-state index contributed by atoms with van der Waals surface area (Å²) >= 11 is 0. The number of fused-ring (bicyclic) bond motifs is 2. The summed E-state index contributed by atoms with van der Waals surface area (Å²) in [6.45, 7) is 1.51. The lowest BCUT2D eigenvalue weighted by Gasteiger charge is -2.05. The standard InChI is InChI=1S/C17H14F3N5O2S/c1-3-28(26,27)15-11-6-4-5-7-25(11)23-14(15)16-22-10-8-13(17(18,19)20)21-9-12(10)24(16)2/h4-9H,3H2,1-2H3. The van der Waals surface area contributed by atoms with Gasteiger partial charge in [0, 0.05) is 13.2 Å². The maximum atomic E-state index is 13.0. The third-order valence-corrected chi connectivity index (χ3v) is 6.24. The van der Waals surface area contributed by atoms with Crippen LogP contribution in [-0.4, -0.2) is 38.3 Å². The molecule has 4 rings (SSSR count). The van der Waals surface area contributed by atoms with E-state index in [1.807, 2.05) is 0 Å². The van der Waals surface area contributed by atoms with Gasteiger partial charge in [0.2, 0.25) is 0 Å². The molecule has 0 radical (unpaired) electrons. The molecule has 4 aromatic rings. The summed E-state index contributed by atoms with van der Waals surface area (Å²) in [5.41, 5.74) is -0.224. The Labute approximate surface area is 157 Å². The molecule has 28 heavy (non-hydrogen) atoms. The maximum absolute atomic E-state index is 13.0. The predicted octanol–water partition coefficient (Wildman–Crippen LogP) is 3.10. The van der Waals surface area contributed by atoms with Crippen molar-refractivity contribution in [3.8, 4) is 11.5 Å². The Morgan fingerprint density at radius 2 is 1.93 bits per heavy atom. The van der Waals surface area contributed by atoms with Crippen LogP contribution in [0.5, 0.6) is 0 Å². The van der Waals surface area contributed by atoms with Gasteiger partial charge < -0.3 is 4.57 Å². The lowest BCUT2D eigenvalue weighted by Crippen LogP contribution is -2.07. The molecule has 4 heterocycles. The first-order valence-electron chi connectivity index (χ1n) is 8.23. The van der Waals surface area contributed by atoms with Crippen molar-refractivity contribution in [2.75, 3.05) is 5.75 Å². The van der Waals surface area contributed by atoms with Crippen molar-refractivity contribution in [2.24, 2.45) is 7.05 Å². The minimum absolute atomic E-state index is 0.00184. The van der Waals surface area contributed by atoms with E-state index < -0.39 is 21.7 Å². The summed E-state index contributed by atoms with van der Waals surface area (Å²) in [6, 6.07) is 5.83. The van der Waals surface area contributed by atoms with Gasteiger partial charge in [0.25, 0.3) is 0 Å². The summed E-state index contributed by atoms with van der Waals surface area (Å²) < 4.78 is 67.2. The van der Waals surface area contributed by atoms with Crippen LogP contribution in [-0.2, 0) is 23.1 Å². The molecule has 0 aliphatic heterocycles. The van der Waals surface area contributed by atoms with E-state index in [2.05, 4.69) is 15.1 Å². The molecule has 0 bridgehead atoms. The smallest absolute Gasteiger partial charge is 0.324 e. The van der Waals surface area contributed by atoms with E-state index in [0.717, 1.165) is 12.3 Å². The number of rotatable bonds is 3. The van der Waals surface area contributed by atoms with Crippen LogP contribution in [0.25, 0.3) is 28.1 Å². The Balaban J connectivity index is 2.04. The lowest BCUT2D eigenvalue weighted by atomic mass is 10.3. The van der Waals surface area contributed by atoms with Crippen molar-refractivity contribution in [2.45, 2.75) is 18.0 Å². The van der Waals surface area contributed by atoms with Gasteiger partial charge in [0.15, 0.2) is 15.7 Å².